The van der Waals surface area contributed by atoms with Crippen LogP contribution in [0.25, 0.3) is 33.5 Å². The highest BCUT2D eigenvalue weighted by molar-refractivity contribution is 5.93. The summed E-state index contributed by atoms with van der Waals surface area (Å²) in [5.74, 6) is 2.04. The van der Waals surface area contributed by atoms with Crippen LogP contribution in [0.4, 0.5) is 0 Å². The third-order valence-corrected chi connectivity index (χ3v) is 4.95. The lowest BCUT2D eigenvalue weighted by Crippen LogP contribution is -1.97. The van der Waals surface area contributed by atoms with Crippen LogP contribution in [0, 0.1) is 0 Å². The number of nitrogens with zero attached hydrogens (tertiary/aromatic N) is 2. The highest BCUT2D eigenvalue weighted by Crippen LogP contribution is 2.41. The average Bonchev–Trinajstić information content (AvgIpc) is 3.09. The number of rotatable bonds is 2. The predicted molar refractivity (Wildman–Crippen MR) is 104 cm³/mol. The third kappa shape index (κ3) is 2.36. The molecule has 0 spiro atoms. The molecule has 2 heterocycles. The molecule has 26 heavy (non-hydrogen) atoms. The zero-order chi connectivity index (χ0) is 17.5. The van der Waals surface area contributed by atoms with E-state index in [-0.39, 0.29) is 0 Å². The Bertz CT molecular complexity index is 1110. The van der Waals surface area contributed by atoms with Crippen LogP contribution in [0.15, 0.2) is 72.8 Å². The van der Waals surface area contributed by atoms with Gasteiger partial charge >= 0.3 is 0 Å². The largest absolute Gasteiger partial charge is 0.492 e. The van der Waals surface area contributed by atoms with Crippen molar-refractivity contribution in [3.8, 4) is 28.4 Å². The second-order valence-corrected chi connectivity index (χ2v) is 6.71. The first-order chi connectivity index (χ1) is 12.8. The molecular weight excluding hydrogens is 320 g/mol. The molecular formula is C23H18N2O. The van der Waals surface area contributed by atoms with E-state index in [0.717, 1.165) is 33.5 Å². The van der Waals surface area contributed by atoms with Gasteiger partial charge in [-0.15, -0.1) is 0 Å². The summed E-state index contributed by atoms with van der Waals surface area (Å²) < 4.78 is 5.97. The van der Waals surface area contributed by atoms with Gasteiger partial charge < -0.3 is 4.74 Å². The van der Waals surface area contributed by atoms with E-state index in [4.69, 9.17) is 14.7 Å². The van der Waals surface area contributed by atoms with Gasteiger partial charge in [0, 0.05) is 22.4 Å². The Morgan fingerprint density at radius 2 is 1.65 bits per heavy atom. The van der Waals surface area contributed by atoms with Gasteiger partial charge in [0.25, 0.3) is 0 Å². The highest BCUT2D eigenvalue weighted by atomic mass is 16.5. The maximum absolute atomic E-state index is 5.97. The fourth-order valence-electron chi connectivity index (χ4n) is 3.59. The molecule has 4 aromatic rings. The van der Waals surface area contributed by atoms with Gasteiger partial charge in [-0.1, -0.05) is 67.6 Å². The lowest BCUT2D eigenvalue weighted by Gasteiger charge is -2.11. The van der Waals surface area contributed by atoms with Gasteiger partial charge in [0.2, 0.25) is 0 Å². The number of fused-ring (bicyclic) bond motifs is 2. The SMILES string of the molecule is CC1COc2c(-c3nc(-c4ccccc4)c4ccccc4n3)cccc21. The minimum absolute atomic E-state index is 0.402. The van der Waals surface area contributed by atoms with E-state index >= 15 is 0 Å². The maximum Gasteiger partial charge on any atom is 0.164 e. The molecule has 0 fully saturated rings. The third-order valence-electron chi connectivity index (χ3n) is 4.95. The van der Waals surface area contributed by atoms with E-state index < -0.39 is 0 Å². The molecule has 1 aliphatic heterocycles. The summed E-state index contributed by atoms with van der Waals surface area (Å²) >= 11 is 0. The van der Waals surface area contributed by atoms with Crippen LogP contribution in [0.3, 0.4) is 0 Å². The van der Waals surface area contributed by atoms with Crippen LogP contribution in [0.5, 0.6) is 5.75 Å². The van der Waals surface area contributed by atoms with Crippen LogP contribution in [-0.2, 0) is 0 Å². The number of hydrogen-bond acceptors (Lipinski definition) is 3. The summed E-state index contributed by atoms with van der Waals surface area (Å²) in [6.45, 7) is 2.90. The lowest BCUT2D eigenvalue weighted by molar-refractivity contribution is 0.338. The van der Waals surface area contributed by atoms with Gasteiger partial charge in [0.15, 0.2) is 5.82 Å². The molecule has 1 aliphatic rings. The Hall–Kier alpha value is -3.20. The van der Waals surface area contributed by atoms with Gasteiger partial charge in [-0.3, -0.25) is 0 Å². The molecule has 1 aromatic heterocycles. The van der Waals surface area contributed by atoms with Crippen LogP contribution >= 0.6 is 0 Å². The summed E-state index contributed by atoms with van der Waals surface area (Å²) in [7, 11) is 0. The summed E-state index contributed by atoms with van der Waals surface area (Å²) in [4.78, 5) is 9.80. The van der Waals surface area contributed by atoms with E-state index in [0.29, 0.717) is 18.3 Å². The first-order valence-corrected chi connectivity index (χ1v) is 8.89. The first kappa shape index (κ1) is 15.1. The Kier molecular flexibility index (Phi) is 3.45. The summed E-state index contributed by atoms with van der Waals surface area (Å²) in [5, 5.41) is 1.06. The lowest BCUT2D eigenvalue weighted by atomic mass is 10.00. The molecule has 5 rings (SSSR count). The molecule has 0 aliphatic carbocycles. The zero-order valence-corrected chi connectivity index (χ0v) is 14.5. The average molecular weight is 338 g/mol. The minimum Gasteiger partial charge on any atom is -0.492 e. The molecule has 3 heteroatoms. The quantitative estimate of drug-likeness (QED) is 0.487. The van der Waals surface area contributed by atoms with Crippen molar-refractivity contribution >= 4 is 10.9 Å². The molecule has 3 aromatic carbocycles. The fraction of sp³-hybridized carbons (Fsp3) is 0.130. The molecule has 0 amide bonds. The van der Waals surface area contributed by atoms with Crippen molar-refractivity contribution < 1.29 is 4.74 Å². The van der Waals surface area contributed by atoms with Crippen molar-refractivity contribution in [3.63, 3.8) is 0 Å². The summed E-state index contributed by atoms with van der Waals surface area (Å²) in [6, 6.07) is 24.7. The predicted octanol–water partition coefficient (Wildman–Crippen LogP) is 5.46. The second-order valence-electron chi connectivity index (χ2n) is 6.71. The van der Waals surface area contributed by atoms with Crippen molar-refractivity contribution in [3.05, 3.63) is 78.4 Å². The van der Waals surface area contributed by atoms with Crippen molar-refractivity contribution in [2.24, 2.45) is 0 Å². The Morgan fingerprint density at radius 3 is 2.54 bits per heavy atom. The van der Waals surface area contributed by atoms with E-state index in [1.54, 1.807) is 0 Å². The fourth-order valence-corrected chi connectivity index (χ4v) is 3.59. The van der Waals surface area contributed by atoms with Crippen LogP contribution < -0.4 is 4.74 Å². The molecule has 1 unspecified atom stereocenters. The van der Waals surface area contributed by atoms with Gasteiger partial charge in [0.1, 0.15) is 5.75 Å². The van der Waals surface area contributed by atoms with Gasteiger partial charge in [-0.25, -0.2) is 9.97 Å². The smallest absolute Gasteiger partial charge is 0.164 e. The highest BCUT2D eigenvalue weighted by Gasteiger charge is 2.24. The number of benzene rings is 3. The van der Waals surface area contributed by atoms with Crippen molar-refractivity contribution in [2.45, 2.75) is 12.8 Å². The van der Waals surface area contributed by atoms with Gasteiger partial charge in [-0.05, 0) is 12.1 Å². The topological polar surface area (TPSA) is 35.0 Å². The van der Waals surface area contributed by atoms with Crippen LogP contribution in [0.1, 0.15) is 18.4 Å². The van der Waals surface area contributed by atoms with Gasteiger partial charge in [-0.2, -0.15) is 0 Å². The maximum atomic E-state index is 5.97. The molecule has 0 bridgehead atoms. The molecule has 0 N–H and O–H groups in total. The summed E-state index contributed by atoms with van der Waals surface area (Å²) in [6.07, 6.45) is 0. The van der Waals surface area contributed by atoms with E-state index in [2.05, 4.69) is 43.3 Å². The molecule has 0 saturated heterocycles. The van der Waals surface area contributed by atoms with Gasteiger partial charge in [0.05, 0.1) is 23.4 Å². The van der Waals surface area contributed by atoms with Crippen LogP contribution in [-0.4, -0.2) is 16.6 Å². The number of para-hydroxylation sites is 2. The van der Waals surface area contributed by atoms with Crippen molar-refractivity contribution in [2.75, 3.05) is 6.61 Å². The molecule has 0 saturated carbocycles. The van der Waals surface area contributed by atoms with Crippen molar-refractivity contribution in [1.29, 1.82) is 0 Å². The number of hydrogen-bond donors (Lipinski definition) is 0. The normalized spacial score (nSPS) is 15.7. The standard InChI is InChI=1S/C23H18N2O/c1-15-14-26-22-17(15)11-7-12-19(22)23-24-20-13-6-5-10-18(20)21(25-23)16-8-3-2-4-9-16/h2-13,15H,14H2,1H3. The zero-order valence-electron chi connectivity index (χ0n) is 14.5. The van der Waals surface area contributed by atoms with Crippen molar-refractivity contribution in [1.82, 2.24) is 9.97 Å². The van der Waals surface area contributed by atoms with Crippen LogP contribution in [0.2, 0.25) is 0 Å². The number of aromatic nitrogens is 2. The Balaban J connectivity index is 1.79. The molecule has 0 radical (unpaired) electrons. The van der Waals surface area contributed by atoms with E-state index in [9.17, 15) is 0 Å². The molecule has 1 atom stereocenters. The monoisotopic (exact) mass is 338 g/mol. The first-order valence-electron chi connectivity index (χ1n) is 8.89. The Labute approximate surface area is 152 Å². The van der Waals surface area contributed by atoms with E-state index in [1.807, 2.05) is 36.4 Å². The Morgan fingerprint density at radius 1 is 0.846 bits per heavy atom. The minimum atomic E-state index is 0.402. The summed E-state index contributed by atoms with van der Waals surface area (Å²) in [5.41, 5.74) is 5.19. The second kappa shape index (κ2) is 5.95. The molecule has 3 nitrogen and oxygen atoms in total. The molecule has 126 valence electrons. The van der Waals surface area contributed by atoms with E-state index in [1.165, 1.54) is 5.56 Å². The number of ether oxygens (including phenoxy) is 1.